The summed E-state index contributed by atoms with van der Waals surface area (Å²) >= 11 is 0. The Balaban J connectivity index is 1.46. The number of benzene rings is 2. The number of hydrogen-bond acceptors (Lipinski definition) is 5. The number of amides is 2. The number of carbonyl (C=O) groups is 2. The number of aromatic amines is 1. The average molecular weight is 444 g/mol. The number of rotatable bonds is 3. The Labute approximate surface area is 190 Å². The molecule has 0 unspecified atom stereocenters. The smallest absolute Gasteiger partial charge is 0.321 e. The Morgan fingerprint density at radius 2 is 1.79 bits per heavy atom. The van der Waals surface area contributed by atoms with Crippen molar-refractivity contribution in [1.29, 1.82) is 0 Å². The second-order valence-electron chi connectivity index (χ2n) is 8.61. The van der Waals surface area contributed by atoms with Crippen LogP contribution in [0.2, 0.25) is 0 Å². The number of nitrogens with one attached hydrogen (secondary N) is 3. The molecule has 5 rings (SSSR count). The summed E-state index contributed by atoms with van der Waals surface area (Å²) < 4.78 is 0. The van der Waals surface area contributed by atoms with Crippen LogP contribution < -0.4 is 10.8 Å². The van der Waals surface area contributed by atoms with E-state index >= 15 is 0 Å². The van der Waals surface area contributed by atoms with Gasteiger partial charge >= 0.3 is 6.09 Å². The fourth-order valence-electron chi connectivity index (χ4n) is 4.48. The zero-order valence-corrected chi connectivity index (χ0v) is 18.6. The molecule has 8 nitrogen and oxygen atoms in total. The fourth-order valence-corrected chi connectivity index (χ4v) is 4.48. The van der Waals surface area contributed by atoms with Gasteiger partial charge in [0.15, 0.2) is 0 Å². The molecule has 8 heteroatoms. The molecule has 168 valence electrons. The number of carbonyl (C=O) groups excluding carboxylic acids is 2. The zero-order chi connectivity index (χ0) is 22.9. The first-order valence-electron chi connectivity index (χ1n) is 11.2. The molecule has 2 aromatic carbocycles. The van der Waals surface area contributed by atoms with Gasteiger partial charge in [-0.25, -0.2) is 9.78 Å². The van der Waals surface area contributed by atoms with Crippen molar-refractivity contribution in [2.45, 2.75) is 45.6 Å². The first-order valence-corrected chi connectivity index (χ1v) is 11.2. The van der Waals surface area contributed by atoms with Crippen LogP contribution in [0.5, 0.6) is 0 Å². The van der Waals surface area contributed by atoms with Crippen molar-refractivity contribution in [2.75, 3.05) is 0 Å². The number of aryl methyl sites for hydroxylation is 1. The highest BCUT2D eigenvalue weighted by Gasteiger charge is 2.21. The first-order chi connectivity index (χ1) is 16.0. The number of fused-ring (bicyclic) bond motifs is 5. The predicted molar refractivity (Wildman–Crippen MR) is 126 cm³/mol. The zero-order valence-electron chi connectivity index (χ0n) is 18.6. The van der Waals surface area contributed by atoms with E-state index in [4.69, 9.17) is 9.82 Å². The van der Waals surface area contributed by atoms with Gasteiger partial charge in [-0.05, 0) is 74.9 Å². The van der Waals surface area contributed by atoms with Crippen LogP contribution >= 0.6 is 0 Å². The van der Waals surface area contributed by atoms with Gasteiger partial charge in [-0.3, -0.25) is 9.89 Å². The maximum absolute atomic E-state index is 12.3. The summed E-state index contributed by atoms with van der Waals surface area (Å²) in [5, 5.41) is 12.1. The number of hydroxylamine groups is 1. The minimum absolute atomic E-state index is 0.0846. The summed E-state index contributed by atoms with van der Waals surface area (Å²) in [6.07, 6.45) is 5.46. The summed E-state index contributed by atoms with van der Waals surface area (Å²) in [7, 11) is 0. The third-order valence-corrected chi connectivity index (χ3v) is 5.95. The normalized spacial score (nSPS) is 13.2. The molecule has 0 aliphatic heterocycles. The standard InChI is InChI=1S/C25H25N5O3/c1-14(2)27-25(32)33-30-24(31)16-9-7-15(8-10-16)23-18-6-4-3-5-17(18)22-19-13-26-29-20(19)11-12-21(22)28-23/h7-14H,3-6H2,1-2H3,(H,26,29)(H,27,32)(H,30,31). The molecule has 0 saturated heterocycles. The Bertz CT molecular complexity index is 1360. The molecule has 2 aromatic heterocycles. The van der Waals surface area contributed by atoms with Crippen LogP contribution in [0.4, 0.5) is 4.79 Å². The number of H-pyrrole nitrogens is 1. The van der Waals surface area contributed by atoms with Gasteiger partial charge < -0.3 is 10.2 Å². The molecule has 2 heterocycles. The van der Waals surface area contributed by atoms with Gasteiger partial charge in [0.25, 0.3) is 5.91 Å². The number of aromatic nitrogens is 3. The average Bonchev–Trinajstić information content (AvgIpc) is 3.30. The molecule has 0 saturated carbocycles. The SMILES string of the molecule is CC(C)NC(=O)ONC(=O)c1ccc(-c2nc3ccc4[nH]ncc4c3c3c2CCCC3)cc1. The van der Waals surface area contributed by atoms with E-state index in [0.717, 1.165) is 53.4 Å². The Kier molecular flexibility index (Phi) is 5.42. The number of pyridine rings is 1. The van der Waals surface area contributed by atoms with Gasteiger partial charge in [0.05, 0.1) is 22.9 Å². The lowest BCUT2D eigenvalue weighted by molar-refractivity contribution is 0.0565. The predicted octanol–water partition coefficient (Wildman–Crippen LogP) is 4.44. The number of hydrogen-bond donors (Lipinski definition) is 3. The van der Waals surface area contributed by atoms with Crippen molar-refractivity contribution in [3.63, 3.8) is 0 Å². The summed E-state index contributed by atoms with van der Waals surface area (Å²) in [6, 6.07) is 11.2. The molecular formula is C25H25N5O3. The molecule has 4 aromatic rings. The van der Waals surface area contributed by atoms with Gasteiger partial charge in [-0.15, -0.1) is 0 Å². The molecule has 0 atom stereocenters. The van der Waals surface area contributed by atoms with Crippen LogP contribution in [-0.4, -0.2) is 33.2 Å². The van der Waals surface area contributed by atoms with Crippen molar-refractivity contribution >= 4 is 33.8 Å². The lowest BCUT2D eigenvalue weighted by atomic mass is 9.85. The van der Waals surface area contributed by atoms with Gasteiger partial charge in [0, 0.05) is 27.9 Å². The maximum Gasteiger partial charge on any atom is 0.431 e. The van der Waals surface area contributed by atoms with Gasteiger partial charge in [-0.1, -0.05) is 12.1 Å². The highest BCUT2D eigenvalue weighted by molar-refractivity contribution is 6.07. The molecule has 3 N–H and O–H groups in total. The van der Waals surface area contributed by atoms with Crippen LogP contribution in [0.15, 0.2) is 42.6 Å². The van der Waals surface area contributed by atoms with E-state index in [0.29, 0.717) is 5.56 Å². The summed E-state index contributed by atoms with van der Waals surface area (Å²) in [6.45, 7) is 3.61. The van der Waals surface area contributed by atoms with Gasteiger partial charge in [-0.2, -0.15) is 10.6 Å². The van der Waals surface area contributed by atoms with Crippen LogP contribution in [0.3, 0.4) is 0 Å². The molecule has 33 heavy (non-hydrogen) atoms. The third-order valence-electron chi connectivity index (χ3n) is 5.95. The minimum atomic E-state index is -0.700. The van der Waals surface area contributed by atoms with E-state index in [1.165, 1.54) is 16.5 Å². The summed E-state index contributed by atoms with van der Waals surface area (Å²) in [5.41, 5.74) is 9.07. The van der Waals surface area contributed by atoms with Gasteiger partial charge in [0.2, 0.25) is 0 Å². The molecule has 0 fully saturated rings. The largest absolute Gasteiger partial charge is 0.431 e. The number of nitrogens with zero attached hydrogens (tertiary/aromatic N) is 2. The van der Waals surface area contributed by atoms with Crippen molar-refractivity contribution < 1.29 is 14.4 Å². The van der Waals surface area contributed by atoms with Crippen molar-refractivity contribution in [3.8, 4) is 11.3 Å². The highest BCUT2D eigenvalue weighted by Crippen LogP contribution is 2.37. The van der Waals surface area contributed by atoms with Crippen molar-refractivity contribution in [3.05, 3.63) is 59.3 Å². The van der Waals surface area contributed by atoms with Crippen LogP contribution in [-0.2, 0) is 17.7 Å². The first kappa shape index (κ1) is 20.9. The van der Waals surface area contributed by atoms with E-state index in [1.807, 2.05) is 30.5 Å². The summed E-state index contributed by atoms with van der Waals surface area (Å²) in [5.74, 6) is -0.490. The lowest BCUT2D eigenvalue weighted by Gasteiger charge is -2.22. The second-order valence-corrected chi connectivity index (χ2v) is 8.61. The Hall–Kier alpha value is -3.94. The monoisotopic (exact) mass is 443 g/mol. The van der Waals surface area contributed by atoms with Crippen molar-refractivity contribution in [2.24, 2.45) is 0 Å². The van der Waals surface area contributed by atoms with E-state index in [9.17, 15) is 9.59 Å². The Morgan fingerprint density at radius 1 is 1.03 bits per heavy atom. The van der Waals surface area contributed by atoms with E-state index < -0.39 is 12.0 Å². The fraction of sp³-hybridized carbons (Fsp3) is 0.280. The second kappa shape index (κ2) is 8.54. The maximum atomic E-state index is 12.3. The topological polar surface area (TPSA) is 109 Å². The third kappa shape index (κ3) is 4.00. The Morgan fingerprint density at radius 3 is 2.55 bits per heavy atom. The van der Waals surface area contributed by atoms with E-state index in [-0.39, 0.29) is 6.04 Å². The highest BCUT2D eigenvalue weighted by atomic mass is 16.7. The molecule has 0 radical (unpaired) electrons. The van der Waals surface area contributed by atoms with Crippen LogP contribution in [0.25, 0.3) is 33.1 Å². The molecule has 1 aliphatic carbocycles. The molecular weight excluding hydrogens is 418 g/mol. The quantitative estimate of drug-likeness (QED) is 0.406. The van der Waals surface area contributed by atoms with Gasteiger partial charge in [0.1, 0.15) is 0 Å². The minimum Gasteiger partial charge on any atom is -0.321 e. The van der Waals surface area contributed by atoms with Crippen LogP contribution in [0.1, 0.15) is 48.2 Å². The van der Waals surface area contributed by atoms with Crippen LogP contribution in [0, 0.1) is 0 Å². The van der Waals surface area contributed by atoms with E-state index in [1.54, 1.807) is 26.0 Å². The summed E-state index contributed by atoms with van der Waals surface area (Å²) in [4.78, 5) is 33.7. The molecule has 0 spiro atoms. The molecule has 1 aliphatic rings. The van der Waals surface area contributed by atoms with Crippen molar-refractivity contribution in [1.82, 2.24) is 26.0 Å². The molecule has 2 amide bonds. The lowest BCUT2D eigenvalue weighted by Crippen LogP contribution is -2.36. The van der Waals surface area contributed by atoms with E-state index in [2.05, 4.69) is 21.0 Å². The molecule has 0 bridgehead atoms.